The van der Waals surface area contributed by atoms with Crippen LogP contribution in [0.3, 0.4) is 0 Å². The van der Waals surface area contributed by atoms with Gasteiger partial charge >= 0.3 is 11.9 Å². The van der Waals surface area contributed by atoms with E-state index in [2.05, 4.69) is 4.58 Å². The van der Waals surface area contributed by atoms with Gasteiger partial charge in [-0.2, -0.15) is 0 Å². The van der Waals surface area contributed by atoms with Crippen molar-refractivity contribution in [3.05, 3.63) is 76.7 Å². The Hall–Kier alpha value is -3.10. The van der Waals surface area contributed by atoms with Crippen LogP contribution in [0.15, 0.2) is 65.2 Å². The molecule has 8 heteroatoms. The molecule has 34 heavy (non-hydrogen) atoms. The number of hydrogen-bond donors (Lipinski definition) is 0. The molecule has 176 valence electrons. The Bertz CT molecular complexity index is 1240. The summed E-state index contributed by atoms with van der Waals surface area (Å²) in [6, 6.07) is 18.1. The van der Waals surface area contributed by atoms with Crippen LogP contribution in [0.2, 0.25) is 0 Å². The lowest BCUT2D eigenvalue weighted by atomic mass is 9.98. The summed E-state index contributed by atoms with van der Waals surface area (Å²) in [6.07, 6.45) is 0.0495. The summed E-state index contributed by atoms with van der Waals surface area (Å²) in [5, 5.41) is 1.77. The van der Waals surface area contributed by atoms with E-state index in [1.54, 1.807) is 45.0 Å². The quantitative estimate of drug-likeness (QED) is 0.0808. The van der Waals surface area contributed by atoms with Crippen LogP contribution in [-0.4, -0.2) is 21.6 Å². The van der Waals surface area contributed by atoms with Gasteiger partial charge in [-0.3, -0.25) is 9.59 Å². The maximum absolute atomic E-state index is 12.7. The van der Waals surface area contributed by atoms with Crippen LogP contribution in [0.4, 0.5) is 0 Å². The van der Waals surface area contributed by atoms with Crippen molar-refractivity contribution in [2.75, 3.05) is 0 Å². The van der Waals surface area contributed by atoms with E-state index >= 15 is 0 Å². The molecular weight excluding hydrogens is 470 g/mol. The number of benzene rings is 3. The van der Waals surface area contributed by atoms with E-state index in [4.69, 9.17) is 21.7 Å². The number of hydrogen-bond acceptors (Lipinski definition) is 8. The number of carbonyl (C=O) groups is 2. The minimum absolute atomic E-state index is 0.0495. The standard InChI is InChI=1S/C26H25NO5S2/c1-16(25(29)32-22-10-7-18(8-11-22)17(2)33)19-5-6-21-14-23(12-9-20(21)13-19)31-24(28)15-26(3,4)34-27-30/h5-14,16H,15H2,1-4H3/t16-/m0/s1. The van der Waals surface area contributed by atoms with E-state index in [1.165, 1.54) is 0 Å². The fourth-order valence-electron chi connectivity index (χ4n) is 3.32. The average Bonchev–Trinajstić information content (AvgIpc) is 2.78. The van der Waals surface area contributed by atoms with Crippen LogP contribution in [0, 0.1) is 4.91 Å². The first-order valence-electron chi connectivity index (χ1n) is 10.7. The summed E-state index contributed by atoms with van der Waals surface area (Å²) in [7, 11) is 0. The van der Waals surface area contributed by atoms with Gasteiger partial charge in [0.2, 0.25) is 0 Å². The molecule has 0 saturated carbocycles. The molecule has 0 spiro atoms. The van der Waals surface area contributed by atoms with E-state index in [0.29, 0.717) is 11.5 Å². The molecule has 0 aliphatic carbocycles. The van der Waals surface area contributed by atoms with Gasteiger partial charge in [0, 0.05) is 26.1 Å². The fraction of sp³-hybridized carbons (Fsp3) is 0.269. The SMILES string of the molecule is CC(=S)c1ccc(OC(=O)[C@@H](C)c2ccc3cc(OC(=O)CC(C)(C)SN=O)ccc3c2)cc1. The zero-order valence-corrected chi connectivity index (χ0v) is 21.0. The normalized spacial score (nSPS) is 12.1. The van der Waals surface area contributed by atoms with Crippen molar-refractivity contribution in [3.8, 4) is 11.5 Å². The Morgan fingerprint density at radius 1 is 0.971 bits per heavy atom. The number of thiocarbonyl (C=S) groups is 1. The molecule has 0 amide bonds. The first kappa shape index (κ1) is 25.5. The lowest BCUT2D eigenvalue weighted by molar-refractivity contribution is -0.136. The van der Waals surface area contributed by atoms with Gasteiger partial charge in [0.05, 0.1) is 12.3 Å². The second kappa shape index (κ2) is 10.9. The van der Waals surface area contributed by atoms with E-state index in [1.807, 2.05) is 43.3 Å². The van der Waals surface area contributed by atoms with Crippen molar-refractivity contribution >= 4 is 51.7 Å². The molecule has 0 bridgehead atoms. The molecule has 3 aromatic carbocycles. The number of ether oxygens (including phenoxy) is 2. The Kier molecular flexibility index (Phi) is 8.17. The van der Waals surface area contributed by atoms with E-state index in [-0.39, 0.29) is 12.4 Å². The average molecular weight is 496 g/mol. The number of esters is 2. The maximum Gasteiger partial charge on any atom is 0.318 e. The highest BCUT2D eigenvalue weighted by Gasteiger charge is 2.25. The smallest absolute Gasteiger partial charge is 0.318 e. The highest BCUT2D eigenvalue weighted by Crippen LogP contribution is 2.30. The van der Waals surface area contributed by atoms with Crippen molar-refractivity contribution < 1.29 is 19.1 Å². The van der Waals surface area contributed by atoms with Crippen LogP contribution in [-0.2, 0) is 9.59 Å². The van der Waals surface area contributed by atoms with Gasteiger partial charge in [-0.05, 0) is 73.9 Å². The molecule has 0 heterocycles. The largest absolute Gasteiger partial charge is 0.426 e. The maximum atomic E-state index is 12.7. The zero-order valence-electron chi connectivity index (χ0n) is 19.4. The number of nitroso groups, excluding NO2 is 1. The molecule has 1 atom stereocenters. The van der Waals surface area contributed by atoms with Crippen LogP contribution < -0.4 is 9.47 Å². The van der Waals surface area contributed by atoms with Gasteiger partial charge in [-0.15, -0.1) is 4.91 Å². The molecule has 0 N–H and O–H groups in total. The minimum atomic E-state index is -0.639. The van der Waals surface area contributed by atoms with Gasteiger partial charge in [0.1, 0.15) is 11.5 Å². The van der Waals surface area contributed by atoms with Crippen molar-refractivity contribution in [1.82, 2.24) is 0 Å². The fourth-order valence-corrected chi connectivity index (χ4v) is 3.84. The number of nitrogens with zero attached hydrogens (tertiary/aromatic N) is 1. The summed E-state index contributed by atoms with van der Waals surface area (Å²) >= 11 is 5.96. The Balaban J connectivity index is 1.68. The van der Waals surface area contributed by atoms with E-state index in [0.717, 1.165) is 38.7 Å². The molecule has 3 rings (SSSR count). The number of fused-ring (bicyclic) bond motifs is 1. The third-order valence-corrected chi connectivity index (χ3v) is 6.20. The summed E-state index contributed by atoms with van der Waals surface area (Å²) in [5.74, 6) is -0.397. The third kappa shape index (κ3) is 6.71. The van der Waals surface area contributed by atoms with Crippen molar-refractivity contribution in [1.29, 1.82) is 0 Å². The lowest BCUT2D eigenvalue weighted by Crippen LogP contribution is -2.22. The Labute approximate surface area is 208 Å². The van der Waals surface area contributed by atoms with Crippen molar-refractivity contribution in [2.45, 2.75) is 44.8 Å². The summed E-state index contributed by atoms with van der Waals surface area (Å²) in [5.41, 5.74) is 1.73. The molecular formula is C26H25NO5S2. The molecule has 0 aliphatic rings. The summed E-state index contributed by atoms with van der Waals surface area (Å²) < 4.78 is 13.1. The second-order valence-corrected chi connectivity index (χ2v) is 10.6. The second-order valence-electron chi connectivity index (χ2n) is 8.57. The van der Waals surface area contributed by atoms with Gasteiger partial charge in [-0.1, -0.05) is 48.6 Å². The minimum Gasteiger partial charge on any atom is -0.426 e. The van der Waals surface area contributed by atoms with Gasteiger partial charge in [0.25, 0.3) is 0 Å². The monoisotopic (exact) mass is 495 g/mol. The third-order valence-electron chi connectivity index (χ3n) is 5.25. The van der Waals surface area contributed by atoms with Crippen molar-refractivity contribution in [3.63, 3.8) is 0 Å². The van der Waals surface area contributed by atoms with Crippen LogP contribution >= 0.6 is 24.2 Å². The zero-order chi connectivity index (χ0) is 24.9. The predicted octanol–water partition coefficient (Wildman–Crippen LogP) is 6.78. The van der Waals surface area contributed by atoms with Gasteiger partial charge in [0.15, 0.2) is 0 Å². The van der Waals surface area contributed by atoms with Crippen LogP contribution in [0.1, 0.15) is 51.2 Å². The first-order valence-corrected chi connectivity index (χ1v) is 11.8. The van der Waals surface area contributed by atoms with E-state index < -0.39 is 16.6 Å². The molecule has 0 saturated heterocycles. The summed E-state index contributed by atoms with van der Waals surface area (Å²) in [4.78, 5) is 36.1. The van der Waals surface area contributed by atoms with E-state index in [9.17, 15) is 14.5 Å². The Morgan fingerprint density at radius 3 is 2.24 bits per heavy atom. The van der Waals surface area contributed by atoms with Crippen LogP contribution in [0.5, 0.6) is 11.5 Å². The topological polar surface area (TPSA) is 82.0 Å². The molecule has 0 aromatic heterocycles. The Morgan fingerprint density at radius 2 is 1.59 bits per heavy atom. The number of carbonyl (C=O) groups excluding carboxylic acids is 2. The number of rotatable bonds is 9. The molecule has 0 unspecified atom stereocenters. The molecule has 3 aromatic rings. The predicted molar refractivity (Wildman–Crippen MR) is 140 cm³/mol. The molecule has 0 radical (unpaired) electrons. The highest BCUT2D eigenvalue weighted by molar-refractivity contribution is 7.99. The van der Waals surface area contributed by atoms with Crippen LogP contribution in [0.25, 0.3) is 10.8 Å². The molecule has 0 fully saturated rings. The lowest BCUT2D eigenvalue weighted by Gasteiger charge is -2.17. The highest BCUT2D eigenvalue weighted by atomic mass is 32.2. The van der Waals surface area contributed by atoms with Crippen molar-refractivity contribution in [2.24, 2.45) is 4.58 Å². The van der Waals surface area contributed by atoms with Gasteiger partial charge < -0.3 is 9.47 Å². The van der Waals surface area contributed by atoms with Gasteiger partial charge in [-0.25, -0.2) is 0 Å². The molecule has 6 nitrogen and oxygen atoms in total. The molecule has 0 aliphatic heterocycles. The summed E-state index contributed by atoms with van der Waals surface area (Å²) in [6.45, 7) is 7.15. The first-order chi connectivity index (χ1) is 16.1.